The van der Waals surface area contributed by atoms with Gasteiger partial charge in [0.05, 0.1) is 10.6 Å². The molecule has 1 aromatic heterocycles. The molecule has 32 heavy (non-hydrogen) atoms. The van der Waals surface area contributed by atoms with Gasteiger partial charge >= 0.3 is 6.61 Å². The number of ether oxygens (including phenoxy) is 1. The molecule has 0 radical (unpaired) electrons. The number of sulfonamides is 1. The van der Waals surface area contributed by atoms with Crippen LogP contribution in [0.2, 0.25) is 0 Å². The van der Waals surface area contributed by atoms with Gasteiger partial charge in [-0.15, -0.1) is 11.3 Å². The molecular weight excluding hydrogens is 460 g/mol. The number of halogens is 2. The summed E-state index contributed by atoms with van der Waals surface area (Å²) >= 11 is 1.12. The number of thiazole rings is 1. The van der Waals surface area contributed by atoms with E-state index in [1.54, 1.807) is 44.4 Å². The van der Waals surface area contributed by atoms with E-state index in [2.05, 4.69) is 19.8 Å². The summed E-state index contributed by atoms with van der Waals surface area (Å²) in [5.74, 6) is -0.512. The van der Waals surface area contributed by atoms with Crippen LogP contribution in [0.1, 0.15) is 31.1 Å². The van der Waals surface area contributed by atoms with Crippen molar-refractivity contribution in [2.75, 3.05) is 5.32 Å². The fraction of sp³-hybridized carbons (Fsp3) is 0.238. The highest BCUT2D eigenvalue weighted by Crippen LogP contribution is 2.33. The molecule has 0 saturated heterocycles. The monoisotopic (exact) mass is 481 g/mol. The number of anilines is 1. The zero-order chi connectivity index (χ0) is 23.5. The summed E-state index contributed by atoms with van der Waals surface area (Å²) in [6.45, 7) is 2.21. The Kier molecular flexibility index (Phi) is 6.91. The van der Waals surface area contributed by atoms with Crippen molar-refractivity contribution in [2.45, 2.75) is 37.8 Å². The number of hydrogen-bond acceptors (Lipinski definition) is 6. The number of rotatable bonds is 7. The number of alkyl halides is 2. The molecule has 2 aromatic carbocycles. The van der Waals surface area contributed by atoms with Crippen molar-refractivity contribution in [1.29, 1.82) is 0 Å². The lowest BCUT2D eigenvalue weighted by Crippen LogP contribution is -2.40. The van der Waals surface area contributed by atoms with Crippen molar-refractivity contribution in [3.8, 4) is 17.0 Å². The Hall–Kier alpha value is -2.89. The molecule has 0 aliphatic rings. The quantitative estimate of drug-likeness (QED) is 0.508. The van der Waals surface area contributed by atoms with E-state index in [4.69, 9.17) is 0 Å². The van der Waals surface area contributed by atoms with E-state index in [0.29, 0.717) is 11.3 Å². The Morgan fingerprint density at radius 3 is 2.38 bits per heavy atom. The van der Waals surface area contributed by atoms with Crippen molar-refractivity contribution >= 4 is 32.4 Å². The molecule has 0 aliphatic carbocycles. The molecule has 0 unspecified atom stereocenters. The van der Waals surface area contributed by atoms with Crippen molar-refractivity contribution in [3.05, 3.63) is 59.5 Å². The molecule has 0 saturated carbocycles. The predicted octanol–water partition coefficient (Wildman–Crippen LogP) is 4.74. The van der Waals surface area contributed by atoms with E-state index in [-0.39, 0.29) is 21.3 Å². The first-order chi connectivity index (χ1) is 14.9. The molecule has 170 valence electrons. The maximum Gasteiger partial charge on any atom is 0.387 e. The molecular formula is C21H21F2N3O4S2. The first-order valence-electron chi connectivity index (χ1n) is 9.40. The normalized spacial score (nSPS) is 12.1. The molecule has 3 aromatic rings. The van der Waals surface area contributed by atoms with E-state index in [1.807, 2.05) is 0 Å². The third-order valence-corrected chi connectivity index (χ3v) is 6.50. The summed E-state index contributed by atoms with van der Waals surface area (Å²) in [5.41, 5.74) is 0.329. The molecule has 0 aliphatic heterocycles. The van der Waals surface area contributed by atoms with Crippen LogP contribution >= 0.6 is 11.3 Å². The zero-order valence-corrected chi connectivity index (χ0v) is 19.1. The predicted molar refractivity (Wildman–Crippen MR) is 119 cm³/mol. The van der Waals surface area contributed by atoms with Gasteiger partial charge < -0.3 is 4.74 Å². The van der Waals surface area contributed by atoms with Gasteiger partial charge in [-0.2, -0.15) is 8.78 Å². The highest BCUT2D eigenvalue weighted by atomic mass is 32.2. The lowest BCUT2D eigenvalue weighted by molar-refractivity contribution is -0.0494. The third kappa shape index (κ3) is 6.09. The van der Waals surface area contributed by atoms with Crippen LogP contribution in [-0.4, -0.2) is 31.5 Å². The highest BCUT2D eigenvalue weighted by Gasteiger charge is 2.22. The van der Waals surface area contributed by atoms with Gasteiger partial charge in [-0.25, -0.2) is 18.1 Å². The van der Waals surface area contributed by atoms with Crippen LogP contribution in [0, 0.1) is 0 Å². The number of amides is 1. The minimum Gasteiger partial charge on any atom is -0.434 e. The molecule has 0 fully saturated rings. The average molecular weight is 482 g/mol. The second-order valence-electron chi connectivity index (χ2n) is 7.75. The second-order valence-corrected chi connectivity index (χ2v) is 10.3. The fourth-order valence-electron chi connectivity index (χ4n) is 2.75. The molecule has 1 heterocycles. The van der Waals surface area contributed by atoms with E-state index in [1.165, 1.54) is 30.3 Å². The van der Waals surface area contributed by atoms with Gasteiger partial charge in [0.25, 0.3) is 5.91 Å². The zero-order valence-electron chi connectivity index (χ0n) is 17.4. The van der Waals surface area contributed by atoms with Crippen LogP contribution in [0.25, 0.3) is 11.3 Å². The Morgan fingerprint density at radius 1 is 1.09 bits per heavy atom. The Labute approximate surface area is 188 Å². The average Bonchev–Trinajstić information content (AvgIpc) is 3.14. The lowest BCUT2D eigenvalue weighted by Gasteiger charge is -2.20. The summed E-state index contributed by atoms with van der Waals surface area (Å²) in [4.78, 5) is 16.8. The second kappa shape index (κ2) is 9.31. The minimum absolute atomic E-state index is 0.0219. The summed E-state index contributed by atoms with van der Waals surface area (Å²) in [7, 11) is -3.72. The van der Waals surface area contributed by atoms with Crippen molar-refractivity contribution in [3.63, 3.8) is 0 Å². The number of nitrogens with zero attached hydrogens (tertiary/aromatic N) is 1. The number of benzene rings is 2. The summed E-state index contributed by atoms with van der Waals surface area (Å²) < 4.78 is 57.1. The lowest BCUT2D eigenvalue weighted by atomic mass is 10.1. The Bertz CT molecular complexity index is 1200. The molecule has 2 N–H and O–H groups in total. The van der Waals surface area contributed by atoms with Crippen molar-refractivity contribution in [2.24, 2.45) is 0 Å². The summed E-state index contributed by atoms with van der Waals surface area (Å²) in [5, 5.41) is 4.48. The number of carbonyl (C=O) groups excluding carboxylic acids is 1. The van der Waals surface area contributed by atoms with E-state index < -0.39 is 28.1 Å². The molecule has 3 rings (SSSR count). The van der Waals surface area contributed by atoms with Gasteiger partial charge in [0.2, 0.25) is 10.0 Å². The largest absolute Gasteiger partial charge is 0.434 e. The molecule has 11 heteroatoms. The van der Waals surface area contributed by atoms with Crippen molar-refractivity contribution < 1.29 is 26.7 Å². The third-order valence-electron chi connectivity index (χ3n) is 3.97. The topological polar surface area (TPSA) is 97.4 Å². The van der Waals surface area contributed by atoms with Crippen molar-refractivity contribution in [1.82, 2.24) is 9.71 Å². The first kappa shape index (κ1) is 23.8. The van der Waals surface area contributed by atoms with Gasteiger partial charge in [0.15, 0.2) is 5.13 Å². The SMILES string of the molecule is CC(C)(C)NS(=O)(=O)c1ccc(C(=O)Nc2nc(-c3ccccc3OC(F)F)cs2)cc1. The summed E-state index contributed by atoms with van der Waals surface area (Å²) in [6, 6.07) is 11.7. The number of aromatic nitrogens is 1. The Balaban J connectivity index is 1.74. The van der Waals surface area contributed by atoms with E-state index >= 15 is 0 Å². The molecule has 0 atom stereocenters. The number of hydrogen-bond donors (Lipinski definition) is 2. The van der Waals surface area contributed by atoms with Gasteiger partial charge in [0.1, 0.15) is 5.75 Å². The molecule has 0 bridgehead atoms. The molecule has 1 amide bonds. The number of para-hydroxylation sites is 1. The molecule has 7 nitrogen and oxygen atoms in total. The van der Waals surface area contributed by atoms with Gasteiger partial charge in [-0.3, -0.25) is 10.1 Å². The maximum absolute atomic E-state index is 12.6. The molecule has 0 spiro atoms. The highest BCUT2D eigenvalue weighted by molar-refractivity contribution is 7.89. The smallest absolute Gasteiger partial charge is 0.387 e. The standard InChI is InChI=1S/C21H21F2N3O4S2/c1-21(2,3)26-32(28,29)14-10-8-13(9-11-14)18(27)25-20-24-16(12-31-20)15-6-4-5-7-17(15)30-19(22)23/h4-12,19,26H,1-3H3,(H,24,25,27). The van der Waals surface area contributed by atoms with Crippen LogP contribution in [-0.2, 0) is 10.0 Å². The van der Waals surface area contributed by atoms with Crippen LogP contribution < -0.4 is 14.8 Å². The van der Waals surface area contributed by atoms with Gasteiger partial charge in [-0.1, -0.05) is 12.1 Å². The first-order valence-corrected chi connectivity index (χ1v) is 11.8. The van der Waals surface area contributed by atoms with Crippen LogP contribution in [0.3, 0.4) is 0 Å². The Morgan fingerprint density at radius 2 is 1.75 bits per heavy atom. The van der Waals surface area contributed by atoms with Gasteiger partial charge in [-0.05, 0) is 57.2 Å². The van der Waals surface area contributed by atoms with E-state index in [9.17, 15) is 22.0 Å². The van der Waals surface area contributed by atoms with Crippen LogP contribution in [0.15, 0.2) is 58.8 Å². The van der Waals surface area contributed by atoms with Crippen LogP contribution in [0.5, 0.6) is 5.75 Å². The number of nitrogens with one attached hydrogen (secondary N) is 2. The summed E-state index contributed by atoms with van der Waals surface area (Å²) in [6.07, 6.45) is 0. The van der Waals surface area contributed by atoms with Gasteiger partial charge in [0, 0.05) is 22.0 Å². The van der Waals surface area contributed by atoms with E-state index in [0.717, 1.165) is 11.3 Å². The fourth-order valence-corrected chi connectivity index (χ4v) is 4.87. The van der Waals surface area contributed by atoms with Crippen LogP contribution in [0.4, 0.5) is 13.9 Å². The maximum atomic E-state index is 12.6. The number of carbonyl (C=O) groups is 1. The minimum atomic E-state index is -3.72.